The molecule has 110 valence electrons. The monoisotopic (exact) mass is 289 g/mol. The molecule has 2 rings (SSSR count). The Bertz CT molecular complexity index is 679. The Balaban J connectivity index is 2.25. The van der Waals surface area contributed by atoms with Crippen molar-refractivity contribution in [1.29, 1.82) is 0 Å². The Hall–Kier alpha value is -2.67. The minimum Gasteiger partial charge on any atom is -0.392 e. The molecule has 0 radical (unpaired) electrons. The van der Waals surface area contributed by atoms with E-state index in [9.17, 15) is 14.9 Å². The van der Waals surface area contributed by atoms with Gasteiger partial charge in [-0.1, -0.05) is 12.1 Å². The second-order valence-electron chi connectivity index (χ2n) is 4.44. The number of aliphatic hydroxyl groups is 1. The summed E-state index contributed by atoms with van der Waals surface area (Å²) in [5.74, 6) is -0.431. The van der Waals surface area contributed by atoms with Crippen molar-refractivity contribution in [3.05, 3.63) is 57.9 Å². The molecule has 7 heteroatoms. The molecule has 2 aromatic rings. The normalized spacial score (nSPS) is 10.4. The minimum atomic E-state index is -0.532. The number of aromatic nitrogens is 1. The Kier molecular flexibility index (Phi) is 4.34. The number of aliphatic hydroxyl groups excluding tert-OH is 1. The number of aryl methyl sites for hydroxylation is 1. The van der Waals surface area contributed by atoms with Gasteiger partial charge in [-0.2, -0.15) is 0 Å². The van der Waals surface area contributed by atoms with Gasteiger partial charge in [-0.15, -0.1) is 0 Å². The van der Waals surface area contributed by atoms with Crippen LogP contribution in [0.25, 0.3) is 0 Å². The van der Waals surface area contributed by atoms with Crippen LogP contribution >= 0.6 is 0 Å². The molecular weight excluding hydrogens is 274 g/mol. The Morgan fingerprint density at radius 2 is 2.19 bits per heavy atom. The SMILES string of the molecule is CCn1cc([N+](=O)[O-])cc1C(=O)Nc1cccc(CO)c1. The van der Waals surface area contributed by atoms with Gasteiger partial charge in [0.25, 0.3) is 11.6 Å². The van der Waals surface area contributed by atoms with Crippen molar-refractivity contribution in [3.8, 4) is 0 Å². The molecule has 1 aromatic heterocycles. The van der Waals surface area contributed by atoms with E-state index in [4.69, 9.17) is 5.11 Å². The molecule has 0 fully saturated rings. The highest BCUT2D eigenvalue weighted by Crippen LogP contribution is 2.18. The summed E-state index contributed by atoms with van der Waals surface area (Å²) in [5, 5.41) is 22.5. The second-order valence-corrected chi connectivity index (χ2v) is 4.44. The maximum atomic E-state index is 12.2. The maximum absolute atomic E-state index is 12.2. The van der Waals surface area contributed by atoms with Gasteiger partial charge in [-0.25, -0.2) is 0 Å². The van der Waals surface area contributed by atoms with E-state index in [1.165, 1.54) is 16.8 Å². The standard InChI is InChI=1S/C14H15N3O4/c1-2-16-8-12(17(20)21)7-13(16)14(19)15-11-5-3-4-10(6-11)9-18/h3-8,18H,2,9H2,1H3,(H,15,19). The Labute approximate surface area is 121 Å². The summed E-state index contributed by atoms with van der Waals surface area (Å²) in [5.41, 5.74) is 1.30. The third-order valence-corrected chi connectivity index (χ3v) is 3.03. The van der Waals surface area contributed by atoms with Crippen LogP contribution in [0.15, 0.2) is 36.5 Å². The van der Waals surface area contributed by atoms with Crippen LogP contribution in [0.5, 0.6) is 0 Å². The summed E-state index contributed by atoms with van der Waals surface area (Å²) in [6.45, 7) is 2.13. The number of carbonyl (C=O) groups excluding carboxylic acids is 1. The fourth-order valence-electron chi connectivity index (χ4n) is 1.99. The first-order valence-electron chi connectivity index (χ1n) is 6.41. The molecule has 0 aliphatic heterocycles. The molecule has 0 aliphatic rings. The summed E-state index contributed by atoms with van der Waals surface area (Å²) < 4.78 is 1.52. The van der Waals surface area contributed by atoms with Gasteiger partial charge in [0.15, 0.2) is 0 Å². The van der Waals surface area contributed by atoms with Crippen molar-refractivity contribution in [2.45, 2.75) is 20.1 Å². The number of hydrogen-bond donors (Lipinski definition) is 2. The third-order valence-electron chi connectivity index (χ3n) is 3.03. The lowest BCUT2D eigenvalue weighted by atomic mass is 10.2. The third kappa shape index (κ3) is 3.26. The molecule has 0 bridgehead atoms. The van der Waals surface area contributed by atoms with E-state index in [1.54, 1.807) is 31.2 Å². The topological polar surface area (TPSA) is 97.4 Å². The van der Waals surface area contributed by atoms with E-state index >= 15 is 0 Å². The van der Waals surface area contributed by atoms with E-state index in [-0.39, 0.29) is 18.0 Å². The van der Waals surface area contributed by atoms with Crippen LogP contribution in [0.3, 0.4) is 0 Å². The Morgan fingerprint density at radius 3 is 2.81 bits per heavy atom. The highest BCUT2D eigenvalue weighted by atomic mass is 16.6. The second kappa shape index (κ2) is 6.19. The van der Waals surface area contributed by atoms with Crippen LogP contribution in [0, 0.1) is 10.1 Å². The lowest BCUT2D eigenvalue weighted by Gasteiger charge is -2.08. The first-order chi connectivity index (χ1) is 10.0. The number of anilines is 1. The lowest BCUT2D eigenvalue weighted by molar-refractivity contribution is -0.384. The average molecular weight is 289 g/mol. The lowest BCUT2D eigenvalue weighted by Crippen LogP contribution is -2.16. The van der Waals surface area contributed by atoms with Gasteiger partial charge in [0, 0.05) is 18.3 Å². The first-order valence-corrected chi connectivity index (χ1v) is 6.41. The molecule has 1 aromatic carbocycles. The van der Waals surface area contributed by atoms with Gasteiger partial charge in [0.05, 0.1) is 17.7 Å². The Morgan fingerprint density at radius 1 is 1.43 bits per heavy atom. The van der Waals surface area contributed by atoms with Gasteiger partial charge in [-0.05, 0) is 24.6 Å². The van der Waals surface area contributed by atoms with Crippen molar-refractivity contribution in [2.24, 2.45) is 0 Å². The molecule has 21 heavy (non-hydrogen) atoms. The van der Waals surface area contributed by atoms with E-state index in [0.29, 0.717) is 17.8 Å². The van der Waals surface area contributed by atoms with Crippen LogP contribution < -0.4 is 5.32 Å². The summed E-state index contributed by atoms with van der Waals surface area (Å²) in [4.78, 5) is 22.5. The van der Waals surface area contributed by atoms with Crippen LogP contribution in [0.2, 0.25) is 0 Å². The molecule has 1 heterocycles. The molecule has 0 unspecified atom stereocenters. The number of carbonyl (C=O) groups is 1. The maximum Gasteiger partial charge on any atom is 0.287 e. The zero-order valence-electron chi connectivity index (χ0n) is 11.4. The van der Waals surface area contributed by atoms with Crippen LogP contribution in [0.4, 0.5) is 11.4 Å². The zero-order valence-corrected chi connectivity index (χ0v) is 11.4. The predicted molar refractivity (Wildman–Crippen MR) is 77.1 cm³/mol. The summed E-state index contributed by atoms with van der Waals surface area (Å²) >= 11 is 0. The number of nitrogens with zero attached hydrogens (tertiary/aromatic N) is 2. The smallest absolute Gasteiger partial charge is 0.287 e. The van der Waals surface area contributed by atoms with Crippen LogP contribution in [0.1, 0.15) is 23.0 Å². The molecular formula is C14H15N3O4. The number of nitrogens with one attached hydrogen (secondary N) is 1. The van der Waals surface area contributed by atoms with Crippen LogP contribution in [-0.4, -0.2) is 20.5 Å². The molecule has 0 saturated heterocycles. The largest absolute Gasteiger partial charge is 0.392 e. The van der Waals surface area contributed by atoms with Gasteiger partial charge in [0.2, 0.25) is 0 Å². The molecule has 0 atom stereocenters. The van der Waals surface area contributed by atoms with Crippen molar-refractivity contribution < 1.29 is 14.8 Å². The van der Waals surface area contributed by atoms with E-state index < -0.39 is 10.8 Å². The summed E-state index contributed by atoms with van der Waals surface area (Å²) in [6.07, 6.45) is 1.33. The highest BCUT2D eigenvalue weighted by Gasteiger charge is 2.18. The first kappa shape index (κ1) is 14.7. The number of amides is 1. The minimum absolute atomic E-state index is 0.119. The van der Waals surface area contributed by atoms with Gasteiger partial charge < -0.3 is 15.0 Å². The number of nitro groups is 1. The molecule has 1 amide bonds. The van der Waals surface area contributed by atoms with E-state index in [2.05, 4.69) is 5.32 Å². The molecule has 0 spiro atoms. The fourth-order valence-corrected chi connectivity index (χ4v) is 1.99. The zero-order chi connectivity index (χ0) is 15.4. The average Bonchev–Trinajstić information content (AvgIpc) is 2.92. The van der Waals surface area contributed by atoms with Gasteiger partial charge in [-0.3, -0.25) is 14.9 Å². The molecule has 2 N–H and O–H groups in total. The van der Waals surface area contributed by atoms with Gasteiger partial charge in [0.1, 0.15) is 5.69 Å². The van der Waals surface area contributed by atoms with Crippen molar-refractivity contribution in [1.82, 2.24) is 4.57 Å². The summed E-state index contributed by atoms with van der Waals surface area (Å²) in [7, 11) is 0. The van der Waals surface area contributed by atoms with Crippen LogP contribution in [-0.2, 0) is 13.2 Å². The molecule has 0 saturated carbocycles. The van der Waals surface area contributed by atoms with E-state index in [0.717, 1.165) is 0 Å². The number of benzene rings is 1. The van der Waals surface area contributed by atoms with Gasteiger partial charge >= 0.3 is 0 Å². The number of hydrogen-bond acceptors (Lipinski definition) is 4. The van der Waals surface area contributed by atoms with Crippen molar-refractivity contribution >= 4 is 17.3 Å². The fraction of sp³-hybridized carbons (Fsp3) is 0.214. The predicted octanol–water partition coefficient (Wildman–Crippen LogP) is 2.16. The van der Waals surface area contributed by atoms with Crippen molar-refractivity contribution in [2.75, 3.05) is 5.32 Å². The highest BCUT2D eigenvalue weighted by molar-refractivity contribution is 6.03. The number of rotatable bonds is 5. The summed E-state index contributed by atoms with van der Waals surface area (Å²) in [6, 6.07) is 8.02. The quantitative estimate of drug-likeness (QED) is 0.651. The van der Waals surface area contributed by atoms with E-state index in [1.807, 2.05) is 0 Å². The molecule has 7 nitrogen and oxygen atoms in total. The van der Waals surface area contributed by atoms with Crippen molar-refractivity contribution in [3.63, 3.8) is 0 Å². The molecule has 0 aliphatic carbocycles.